The summed E-state index contributed by atoms with van der Waals surface area (Å²) in [6, 6.07) is 14.3. The van der Waals surface area contributed by atoms with Crippen molar-refractivity contribution in [1.82, 2.24) is 30.2 Å². The van der Waals surface area contributed by atoms with Crippen LogP contribution in [0, 0.1) is 0 Å². The van der Waals surface area contributed by atoms with Crippen LogP contribution in [0.25, 0.3) is 22.1 Å². The topological polar surface area (TPSA) is 69.4 Å². The average molecular weight is 366 g/mol. The summed E-state index contributed by atoms with van der Waals surface area (Å²) in [5.41, 5.74) is 2.08. The van der Waals surface area contributed by atoms with Crippen molar-refractivity contribution in [3.05, 3.63) is 59.6 Å². The summed E-state index contributed by atoms with van der Waals surface area (Å²) in [5.74, 6) is 2.21. The molecule has 0 N–H and O–H groups in total. The molecular weight excluding hydrogens is 352 g/mol. The van der Waals surface area contributed by atoms with Crippen LogP contribution in [-0.4, -0.2) is 30.2 Å². The van der Waals surface area contributed by atoms with Gasteiger partial charge in [-0.3, -0.25) is 0 Å². The number of benzene rings is 1. The molecule has 4 aromatic rings. The van der Waals surface area contributed by atoms with E-state index in [1.165, 1.54) is 5.56 Å². The molecule has 0 fully saturated rings. The fourth-order valence-electron chi connectivity index (χ4n) is 2.34. The largest absolute Gasteiger partial charge is 0.235 e. The quantitative estimate of drug-likeness (QED) is 0.396. The van der Waals surface area contributed by atoms with Crippen molar-refractivity contribution in [3.63, 3.8) is 0 Å². The molecule has 3 heterocycles. The van der Waals surface area contributed by atoms with Crippen LogP contribution in [0.15, 0.2) is 59.1 Å². The molecule has 25 heavy (non-hydrogen) atoms. The minimum atomic E-state index is 0.660. The predicted molar refractivity (Wildman–Crippen MR) is 99.1 cm³/mol. The molecule has 0 amide bonds. The van der Waals surface area contributed by atoms with Gasteiger partial charge in [0, 0.05) is 19.0 Å². The number of tetrazole rings is 1. The molecule has 0 unspecified atom stereocenters. The molecule has 6 nitrogen and oxygen atoms in total. The Balaban J connectivity index is 1.72. The maximum atomic E-state index is 4.78. The van der Waals surface area contributed by atoms with Gasteiger partial charge in [0.25, 0.3) is 0 Å². The van der Waals surface area contributed by atoms with E-state index in [1.807, 2.05) is 42.8 Å². The highest BCUT2D eigenvalue weighted by molar-refractivity contribution is 7.98. The van der Waals surface area contributed by atoms with E-state index in [1.54, 1.807) is 34.0 Å². The second-order valence-electron chi connectivity index (χ2n) is 5.29. The van der Waals surface area contributed by atoms with Crippen LogP contribution in [0.3, 0.4) is 0 Å². The molecule has 0 radical (unpaired) electrons. The molecule has 0 saturated carbocycles. The van der Waals surface area contributed by atoms with Crippen LogP contribution in [0.2, 0.25) is 0 Å². The second-order valence-corrected chi connectivity index (χ2v) is 7.20. The number of aromatic nitrogens is 6. The fraction of sp³-hybridized carbons (Fsp3) is 0.118. The molecule has 0 aliphatic carbocycles. The Morgan fingerprint density at radius 2 is 2.00 bits per heavy atom. The van der Waals surface area contributed by atoms with Crippen LogP contribution < -0.4 is 0 Å². The smallest absolute Gasteiger partial charge is 0.186 e. The normalized spacial score (nSPS) is 10.9. The van der Waals surface area contributed by atoms with E-state index < -0.39 is 0 Å². The molecule has 0 bridgehead atoms. The van der Waals surface area contributed by atoms with Crippen LogP contribution in [0.1, 0.15) is 5.56 Å². The summed E-state index contributed by atoms with van der Waals surface area (Å²) in [6.07, 6.45) is 1.81. The zero-order valence-corrected chi connectivity index (χ0v) is 15.0. The number of thioether (sulfide) groups is 1. The highest BCUT2D eigenvalue weighted by Crippen LogP contribution is 2.32. The molecule has 0 aliphatic rings. The van der Waals surface area contributed by atoms with Crippen molar-refractivity contribution < 1.29 is 0 Å². The summed E-state index contributed by atoms with van der Waals surface area (Å²) < 4.78 is 1.64. The second kappa shape index (κ2) is 7.12. The van der Waals surface area contributed by atoms with Gasteiger partial charge in [-0.05, 0) is 27.4 Å². The molecule has 3 aromatic heterocycles. The van der Waals surface area contributed by atoms with Gasteiger partial charge >= 0.3 is 0 Å². The summed E-state index contributed by atoms with van der Waals surface area (Å²) in [4.78, 5) is 10.3. The lowest BCUT2D eigenvalue weighted by molar-refractivity contribution is 0.713. The lowest BCUT2D eigenvalue weighted by atomic mass is 10.2. The molecular formula is C17H14N6S2. The van der Waals surface area contributed by atoms with Gasteiger partial charge in [-0.15, -0.1) is 28.2 Å². The number of hydrogen-bond donors (Lipinski definition) is 0. The molecule has 1 aromatic carbocycles. The summed E-state index contributed by atoms with van der Waals surface area (Å²) >= 11 is 3.29. The minimum absolute atomic E-state index is 0.660. The summed E-state index contributed by atoms with van der Waals surface area (Å²) in [7, 11) is 1.81. The Bertz CT molecular complexity index is 966. The molecule has 0 aliphatic heterocycles. The van der Waals surface area contributed by atoms with Crippen molar-refractivity contribution in [1.29, 1.82) is 0 Å². The molecule has 0 saturated heterocycles. The van der Waals surface area contributed by atoms with Crippen molar-refractivity contribution in [2.75, 3.05) is 0 Å². The maximum Gasteiger partial charge on any atom is 0.186 e. The van der Waals surface area contributed by atoms with Gasteiger partial charge in [0.05, 0.1) is 10.4 Å². The van der Waals surface area contributed by atoms with Crippen molar-refractivity contribution >= 4 is 23.1 Å². The number of rotatable bonds is 5. The summed E-state index contributed by atoms with van der Waals surface area (Å²) in [6.45, 7) is 0. The number of nitrogens with zero attached hydrogens (tertiary/aromatic N) is 6. The van der Waals surface area contributed by atoms with E-state index in [0.717, 1.165) is 27.0 Å². The third kappa shape index (κ3) is 3.45. The van der Waals surface area contributed by atoms with Crippen LogP contribution in [-0.2, 0) is 12.8 Å². The van der Waals surface area contributed by atoms with Gasteiger partial charge in [-0.1, -0.05) is 36.4 Å². The first-order valence-corrected chi connectivity index (χ1v) is 9.48. The molecule has 8 heteroatoms. The predicted octanol–water partition coefficient (Wildman–Crippen LogP) is 3.69. The Morgan fingerprint density at radius 3 is 2.72 bits per heavy atom. The van der Waals surface area contributed by atoms with Crippen molar-refractivity contribution in [2.45, 2.75) is 10.8 Å². The molecule has 4 rings (SSSR count). The van der Waals surface area contributed by atoms with Gasteiger partial charge < -0.3 is 0 Å². The standard InChI is InChI=1S/C17H14N6S2/c1-23-16(20-21-22-23)13-10-18-15(14-8-5-9-24-14)19-17(13)25-11-12-6-3-2-4-7-12/h2-10H,11H2,1H3. The average Bonchev–Trinajstić information content (AvgIpc) is 3.32. The Morgan fingerprint density at radius 1 is 1.12 bits per heavy atom. The maximum absolute atomic E-state index is 4.78. The van der Waals surface area contributed by atoms with Crippen LogP contribution >= 0.6 is 23.1 Å². The molecule has 124 valence electrons. The van der Waals surface area contributed by atoms with Gasteiger partial charge in [0.2, 0.25) is 0 Å². The zero-order chi connectivity index (χ0) is 17.1. The third-order valence-corrected chi connectivity index (χ3v) is 5.50. The van der Waals surface area contributed by atoms with E-state index in [4.69, 9.17) is 4.98 Å². The SMILES string of the molecule is Cn1nnnc1-c1cnc(-c2cccs2)nc1SCc1ccccc1. The first kappa shape index (κ1) is 15.9. The van der Waals surface area contributed by atoms with E-state index in [0.29, 0.717) is 5.82 Å². The first-order chi connectivity index (χ1) is 12.3. The van der Waals surface area contributed by atoms with Crippen molar-refractivity contribution in [3.8, 4) is 22.1 Å². The highest BCUT2D eigenvalue weighted by atomic mass is 32.2. The highest BCUT2D eigenvalue weighted by Gasteiger charge is 2.16. The van der Waals surface area contributed by atoms with Gasteiger partial charge in [0.1, 0.15) is 5.03 Å². The lowest BCUT2D eigenvalue weighted by Crippen LogP contribution is -2.00. The van der Waals surface area contributed by atoms with Gasteiger partial charge in [-0.25, -0.2) is 14.6 Å². The Labute approximate surface area is 153 Å². The number of aryl methyl sites for hydroxylation is 1. The van der Waals surface area contributed by atoms with E-state index in [9.17, 15) is 0 Å². The number of thiophene rings is 1. The number of hydrogen-bond acceptors (Lipinski definition) is 7. The fourth-order valence-corrected chi connectivity index (χ4v) is 3.95. The molecule has 0 spiro atoms. The first-order valence-electron chi connectivity index (χ1n) is 7.61. The summed E-state index contributed by atoms with van der Waals surface area (Å²) in [5, 5.41) is 14.7. The van der Waals surface area contributed by atoms with Gasteiger partial charge in [-0.2, -0.15) is 0 Å². The lowest BCUT2D eigenvalue weighted by Gasteiger charge is -2.08. The van der Waals surface area contributed by atoms with Crippen LogP contribution in [0.4, 0.5) is 0 Å². The van der Waals surface area contributed by atoms with Crippen LogP contribution in [0.5, 0.6) is 0 Å². The Kier molecular flexibility index (Phi) is 4.53. The monoisotopic (exact) mass is 366 g/mol. The van der Waals surface area contributed by atoms with Gasteiger partial charge in [0.15, 0.2) is 11.6 Å². The minimum Gasteiger partial charge on any atom is -0.235 e. The molecule has 0 atom stereocenters. The zero-order valence-electron chi connectivity index (χ0n) is 13.4. The Hall–Kier alpha value is -2.58. The van der Waals surface area contributed by atoms with Crippen molar-refractivity contribution in [2.24, 2.45) is 7.05 Å². The van der Waals surface area contributed by atoms with E-state index in [2.05, 4.69) is 32.6 Å². The third-order valence-electron chi connectivity index (χ3n) is 3.57. The van der Waals surface area contributed by atoms with E-state index >= 15 is 0 Å². The van der Waals surface area contributed by atoms with E-state index in [-0.39, 0.29) is 0 Å².